The predicted molar refractivity (Wildman–Crippen MR) is 83.3 cm³/mol. The van der Waals surface area contributed by atoms with Gasteiger partial charge in [-0.15, -0.1) is 0 Å². The molecule has 0 unspecified atom stereocenters. The van der Waals surface area contributed by atoms with Gasteiger partial charge in [0.25, 0.3) is 0 Å². The molecule has 0 spiro atoms. The second-order valence-corrected chi connectivity index (χ2v) is 6.48. The summed E-state index contributed by atoms with van der Waals surface area (Å²) in [6.07, 6.45) is 2.52. The Hall–Kier alpha value is -1.80. The fourth-order valence-corrected chi connectivity index (χ4v) is 3.81. The van der Waals surface area contributed by atoms with Gasteiger partial charge < -0.3 is 28.6 Å². The maximum absolute atomic E-state index is 9.92. The third-order valence-corrected chi connectivity index (χ3v) is 5.04. The number of imidazole rings is 1. The van der Waals surface area contributed by atoms with Crippen LogP contribution < -0.4 is 9.47 Å². The van der Waals surface area contributed by atoms with Gasteiger partial charge in [0, 0.05) is 24.0 Å². The monoisotopic (exact) mass is 350 g/mol. The topological polar surface area (TPSA) is 75.0 Å². The summed E-state index contributed by atoms with van der Waals surface area (Å²) in [5, 5.41) is 10.5. The quantitative estimate of drug-likeness (QED) is 0.887. The third kappa shape index (κ3) is 2.05. The molecule has 1 N–H and O–H groups in total. The molecule has 0 saturated carbocycles. The van der Waals surface area contributed by atoms with Crippen molar-refractivity contribution < 1.29 is 24.1 Å². The van der Waals surface area contributed by atoms with E-state index in [9.17, 15) is 5.11 Å². The number of aliphatic hydroxyl groups excluding tert-OH is 1. The van der Waals surface area contributed by atoms with Gasteiger partial charge >= 0.3 is 0 Å². The van der Waals surface area contributed by atoms with Gasteiger partial charge in [-0.25, -0.2) is 4.98 Å². The van der Waals surface area contributed by atoms with Crippen LogP contribution in [0.4, 0.5) is 0 Å². The Kier molecular flexibility index (Phi) is 3.24. The first-order valence-electron chi connectivity index (χ1n) is 7.76. The molecule has 0 aliphatic carbocycles. The second-order valence-electron chi connectivity index (χ2n) is 6.07. The van der Waals surface area contributed by atoms with Crippen LogP contribution in [0, 0.1) is 0 Å². The standard InChI is InChI=1S/C16H15ClN2O5/c17-9-4-13-12(23-7-24-13)3-8(9)16-18-1-2-19(16)10-5-21-15-11(20)6-22-14(10)15/h1-4,10-11,14-15,20H,5-7H2/t10-,11-,14-,15-/m1/s1. The average Bonchev–Trinajstić information content (AvgIpc) is 3.31. The lowest BCUT2D eigenvalue weighted by Crippen LogP contribution is -2.30. The molecule has 0 radical (unpaired) electrons. The summed E-state index contributed by atoms with van der Waals surface area (Å²) >= 11 is 6.42. The molecule has 0 bridgehead atoms. The molecule has 3 aliphatic rings. The Morgan fingerprint density at radius 3 is 2.79 bits per heavy atom. The minimum absolute atomic E-state index is 0.0638. The molecule has 2 fully saturated rings. The SMILES string of the molecule is O[C@@H]1CO[C@H]2[C@@H]1OC[C@H]2n1ccnc1-c1cc2c(cc1Cl)OCO2. The molecule has 4 heterocycles. The Balaban J connectivity index is 1.55. The number of fused-ring (bicyclic) bond motifs is 2. The fourth-order valence-electron chi connectivity index (χ4n) is 3.58. The Bertz CT molecular complexity index is 795. The van der Waals surface area contributed by atoms with E-state index < -0.39 is 6.10 Å². The smallest absolute Gasteiger partial charge is 0.231 e. The van der Waals surface area contributed by atoms with Gasteiger partial charge in [0.15, 0.2) is 11.5 Å². The second kappa shape index (κ2) is 5.35. The van der Waals surface area contributed by atoms with Crippen LogP contribution in [0.5, 0.6) is 11.5 Å². The molecule has 0 amide bonds. The van der Waals surface area contributed by atoms with Crippen LogP contribution in [-0.4, -0.2) is 53.0 Å². The van der Waals surface area contributed by atoms with E-state index >= 15 is 0 Å². The van der Waals surface area contributed by atoms with Crippen LogP contribution in [0.15, 0.2) is 24.5 Å². The molecule has 24 heavy (non-hydrogen) atoms. The summed E-state index contributed by atoms with van der Waals surface area (Å²) in [6, 6.07) is 3.51. The van der Waals surface area contributed by atoms with E-state index in [2.05, 4.69) is 4.98 Å². The lowest BCUT2D eigenvalue weighted by Gasteiger charge is -2.20. The number of rotatable bonds is 2. The third-order valence-electron chi connectivity index (χ3n) is 4.73. The molecular weight excluding hydrogens is 336 g/mol. The maximum atomic E-state index is 9.92. The van der Waals surface area contributed by atoms with Crippen molar-refractivity contribution in [2.75, 3.05) is 20.0 Å². The molecule has 5 rings (SSSR count). The number of ether oxygens (including phenoxy) is 4. The van der Waals surface area contributed by atoms with E-state index in [0.717, 1.165) is 5.56 Å². The molecule has 1 aromatic heterocycles. The van der Waals surface area contributed by atoms with E-state index in [-0.39, 0.29) is 25.0 Å². The first-order valence-corrected chi connectivity index (χ1v) is 8.14. The molecule has 126 valence electrons. The molecular formula is C16H15ClN2O5. The summed E-state index contributed by atoms with van der Waals surface area (Å²) in [5.74, 6) is 1.99. The van der Waals surface area contributed by atoms with Crippen LogP contribution in [0.3, 0.4) is 0 Å². The van der Waals surface area contributed by atoms with Crippen LogP contribution in [0.1, 0.15) is 6.04 Å². The first kappa shape index (κ1) is 14.5. The van der Waals surface area contributed by atoms with Crippen LogP contribution in [0.25, 0.3) is 11.4 Å². The summed E-state index contributed by atoms with van der Waals surface area (Å²) < 4.78 is 24.2. The number of hydrogen-bond donors (Lipinski definition) is 1. The summed E-state index contributed by atoms with van der Waals surface area (Å²) in [4.78, 5) is 4.46. The van der Waals surface area contributed by atoms with E-state index in [4.69, 9.17) is 30.5 Å². The summed E-state index contributed by atoms with van der Waals surface area (Å²) in [5.41, 5.74) is 0.757. The highest BCUT2D eigenvalue weighted by Crippen LogP contribution is 2.42. The summed E-state index contributed by atoms with van der Waals surface area (Å²) in [7, 11) is 0. The van der Waals surface area contributed by atoms with Crippen molar-refractivity contribution in [1.29, 1.82) is 0 Å². The number of aliphatic hydroxyl groups is 1. The normalized spacial score (nSPS) is 30.8. The first-order chi connectivity index (χ1) is 11.7. The van der Waals surface area contributed by atoms with Crippen molar-refractivity contribution in [3.05, 3.63) is 29.5 Å². The number of hydrogen-bond acceptors (Lipinski definition) is 6. The van der Waals surface area contributed by atoms with Gasteiger partial charge in [-0.2, -0.15) is 0 Å². The Morgan fingerprint density at radius 2 is 1.92 bits per heavy atom. The number of halogens is 1. The van der Waals surface area contributed by atoms with Crippen molar-refractivity contribution >= 4 is 11.6 Å². The number of aromatic nitrogens is 2. The Labute approximate surface area is 142 Å². The van der Waals surface area contributed by atoms with E-state index in [1.54, 1.807) is 12.3 Å². The van der Waals surface area contributed by atoms with Crippen molar-refractivity contribution in [2.24, 2.45) is 0 Å². The number of benzene rings is 1. The number of nitrogens with zero attached hydrogens (tertiary/aromatic N) is 2. The van der Waals surface area contributed by atoms with Gasteiger partial charge in [-0.3, -0.25) is 0 Å². The van der Waals surface area contributed by atoms with Crippen molar-refractivity contribution in [1.82, 2.24) is 9.55 Å². The molecule has 4 atom stereocenters. The minimum Gasteiger partial charge on any atom is -0.454 e. The van der Waals surface area contributed by atoms with Gasteiger partial charge in [-0.05, 0) is 6.07 Å². The Morgan fingerprint density at radius 1 is 1.12 bits per heavy atom. The summed E-state index contributed by atoms with van der Waals surface area (Å²) in [6.45, 7) is 0.939. The van der Waals surface area contributed by atoms with Gasteiger partial charge in [0.2, 0.25) is 6.79 Å². The average molecular weight is 351 g/mol. The van der Waals surface area contributed by atoms with E-state index in [0.29, 0.717) is 35.6 Å². The molecule has 8 heteroatoms. The fraction of sp³-hybridized carbons (Fsp3) is 0.438. The molecule has 7 nitrogen and oxygen atoms in total. The van der Waals surface area contributed by atoms with Crippen LogP contribution in [-0.2, 0) is 9.47 Å². The molecule has 3 aliphatic heterocycles. The highest BCUT2D eigenvalue weighted by Gasteiger charge is 2.48. The highest BCUT2D eigenvalue weighted by atomic mass is 35.5. The van der Waals surface area contributed by atoms with Crippen molar-refractivity contribution in [3.63, 3.8) is 0 Å². The molecule has 2 aromatic rings. The zero-order valence-electron chi connectivity index (χ0n) is 12.6. The van der Waals surface area contributed by atoms with Crippen LogP contribution in [0.2, 0.25) is 5.02 Å². The van der Waals surface area contributed by atoms with Gasteiger partial charge in [-0.1, -0.05) is 11.6 Å². The lowest BCUT2D eigenvalue weighted by atomic mass is 10.1. The molecule has 1 aromatic carbocycles. The predicted octanol–water partition coefficient (Wildman–Crippen LogP) is 1.63. The van der Waals surface area contributed by atoms with E-state index in [1.165, 1.54) is 0 Å². The largest absolute Gasteiger partial charge is 0.454 e. The zero-order valence-corrected chi connectivity index (χ0v) is 13.3. The highest BCUT2D eigenvalue weighted by molar-refractivity contribution is 6.33. The maximum Gasteiger partial charge on any atom is 0.231 e. The van der Waals surface area contributed by atoms with Crippen molar-refractivity contribution in [3.8, 4) is 22.9 Å². The van der Waals surface area contributed by atoms with E-state index in [1.807, 2.05) is 16.8 Å². The van der Waals surface area contributed by atoms with Gasteiger partial charge in [0.05, 0.1) is 24.3 Å². The minimum atomic E-state index is -0.582. The van der Waals surface area contributed by atoms with Crippen molar-refractivity contribution in [2.45, 2.75) is 24.4 Å². The zero-order chi connectivity index (χ0) is 16.3. The molecule has 2 saturated heterocycles. The van der Waals surface area contributed by atoms with Gasteiger partial charge in [0.1, 0.15) is 24.1 Å². The lowest BCUT2D eigenvalue weighted by molar-refractivity contribution is 0.0172. The van der Waals surface area contributed by atoms with Crippen LogP contribution >= 0.6 is 11.6 Å².